The molecule has 0 aliphatic rings. The average molecular weight is 243 g/mol. The summed E-state index contributed by atoms with van der Waals surface area (Å²) in [5.74, 6) is -0.0125. The van der Waals surface area contributed by atoms with Crippen LogP contribution in [0.3, 0.4) is 0 Å². The minimum absolute atomic E-state index is 0.0125. The van der Waals surface area contributed by atoms with Crippen molar-refractivity contribution in [2.45, 2.75) is 13.3 Å². The zero-order valence-corrected chi connectivity index (χ0v) is 10.0. The maximum absolute atomic E-state index is 10.7. The molecular formula is C10H17N3O2S. The Morgan fingerprint density at radius 3 is 2.69 bits per heavy atom. The summed E-state index contributed by atoms with van der Waals surface area (Å²) < 4.78 is 21.4. The molecule has 0 atom stereocenters. The molecule has 5 nitrogen and oxygen atoms in total. The minimum atomic E-state index is -3.36. The summed E-state index contributed by atoms with van der Waals surface area (Å²) in [6, 6.07) is 5.56. The Bertz CT molecular complexity index is 457. The first kappa shape index (κ1) is 12.8. The second-order valence-electron chi connectivity index (χ2n) is 3.72. The van der Waals surface area contributed by atoms with Crippen molar-refractivity contribution in [3.05, 3.63) is 23.8 Å². The van der Waals surface area contributed by atoms with E-state index in [-0.39, 0.29) is 5.75 Å². The lowest BCUT2D eigenvalue weighted by atomic mass is 10.2. The maximum Gasteiger partial charge on any atom is 0.209 e. The van der Waals surface area contributed by atoms with Gasteiger partial charge in [0.05, 0.1) is 5.75 Å². The normalized spacial score (nSPS) is 11.4. The van der Waals surface area contributed by atoms with Crippen molar-refractivity contribution in [3.63, 3.8) is 0 Å². The van der Waals surface area contributed by atoms with E-state index in [1.165, 1.54) is 0 Å². The van der Waals surface area contributed by atoms with Gasteiger partial charge in [-0.25, -0.2) is 13.6 Å². The monoisotopic (exact) mass is 243 g/mol. The average Bonchev–Trinajstić information content (AvgIpc) is 2.16. The Morgan fingerprint density at radius 2 is 2.06 bits per heavy atom. The van der Waals surface area contributed by atoms with Crippen LogP contribution < -0.4 is 16.2 Å². The van der Waals surface area contributed by atoms with E-state index < -0.39 is 10.0 Å². The van der Waals surface area contributed by atoms with Gasteiger partial charge in [-0.2, -0.15) is 0 Å². The van der Waals surface area contributed by atoms with Crippen LogP contribution in [0.1, 0.15) is 12.0 Å². The fraction of sp³-hybridized carbons (Fsp3) is 0.400. The molecule has 5 N–H and O–H groups in total. The highest BCUT2D eigenvalue weighted by molar-refractivity contribution is 7.89. The second-order valence-corrected chi connectivity index (χ2v) is 5.46. The number of rotatable bonds is 5. The van der Waals surface area contributed by atoms with Crippen LogP contribution in [0.4, 0.5) is 11.4 Å². The van der Waals surface area contributed by atoms with E-state index in [1.54, 1.807) is 0 Å². The third-order valence-corrected chi connectivity index (χ3v) is 3.04. The lowest BCUT2D eigenvalue weighted by Gasteiger charge is -2.09. The van der Waals surface area contributed by atoms with E-state index in [4.69, 9.17) is 10.9 Å². The number of nitrogens with two attached hydrogens (primary N) is 2. The number of nitrogen functional groups attached to an aromatic ring is 1. The van der Waals surface area contributed by atoms with Gasteiger partial charge in [-0.05, 0) is 31.0 Å². The van der Waals surface area contributed by atoms with Crippen molar-refractivity contribution in [2.24, 2.45) is 5.14 Å². The van der Waals surface area contributed by atoms with Gasteiger partial charge >= 0.3 is 0 Å². The Labute approximate surface area is 95.9 Å². The lowest BCUT2D eigenvalue weighted by Crippen LogP contribution is -2.18. The molecule has 0 saturated carbocycles. The van der Waals surface area contributed by atoms with Gasteiger partial charge in [0.25, 0.3) is 0 Å². The number of aryl methyl sites for hydroxylation is 1. The summed E-state index contributed by atoms with van der Waals surface area (Å²) in [7, 11) is -3.36. The molecule has 0 bridgehead atoms. The number of hydrogen-bond donors (Lipinski definition) is 3. The number of anilines is 2. The maximum atomic E-state index is 10.7. The number of benzene rings is 1. The molecule has 1 aromatic carbocycles. The first-order chi connectivity index (χ1) is 7.38. The van der Waals surface area contributed by atoms with Crippen LogP contribution in [-0.2, 0) is 10.0 Å². The molecule has 0 aliphatic carbocycles. The summed E-state index contributed by atoms with van der Waals surface area (Å²) in [5, 5.41) is 8.02. The SMILES string of the molecule is Cc1ccc(N)cc1NCCCS(N)(=O)=O. The summed E-state index contributed by atoms with van der Waals surface area (Å²) in [6.45, 7) is 2.52. The van der Waals surface area contributed by atoms with Crippen molar-refractivity contribution in [3.8, 4) is 0 Å². The van der Waals surface area contributed by atoms with Crippen LogP contribution in [0.25, 0.3) is 0 Å². The summed E-state index contributed by atoms with van der Waals surface area (Å²) in [6.07, 6.45) is 0.479. The molecular weight excluding hydrogens is 226 g/mol. The standard InChI is InChI=1S/C10H17N3O2S/c1-8-3-4-9(11)7-10(8)13-5-2-6-16(12,14)15/h3-4,7,13H,2,5-6,11H2,1H3,(H2,12,14,15). The fourth-order valence-electron chi connectivity index (χ4n) is 1.33. The van der Waals surface area contributed by atoms with E-state index in [2.05, 4.69) is 5.32 Å². The molecule has 0 unspecified atom stereocenters. The first-order valence-corrected chi connectivity index (χ1v) is 6.70. The quantitative estimate of drug-likeness (QED) is 0.523. The van der Waals surface area contributed by atoms with Gasteiger partial charge in [0, 0.05) is 17.9 Å². The number of sulfonamides is 1. The zero-order valence-electron chi connectivity index (χ0n) is 9.23. The molecule has 6 heteroatoms. The number of nitrogens with one attached hydrogen (secondary N) is 1. The molecule has 0 amide bonds. The van der Waals surface area contributed by atoms with Gasteiger partial charge in [0.2, 0.25) is 10.0 Å². The Morgan fingerprint density at radius 1 is 1.38 bits per heavy atom. The Balaban J connectivity index is 2.46. The highest BCUT2D eigenvalue weighted by atomic mass is 32.2. The molecule has 90 valence electrons. The minimum Gasteiger partial charge on any atom is -0.399 e. The number of hydrogen-bond acceptors (Lipinski definition) is 4. The predicted octanol–water partition coefficient (Wildman–Crippen LogP) is 0.668. The molecule has 0 aromatic heterocycles. The Hall–Kier alpha value is -1.27. The van der Waals surface area contributed by atoms with E-state index in [0.29, 0.717) is 18.7 Å². The molecule has 0 spiro atoms. The van der Waals surface area contributed by atoms with Gasteiger partial charge < -0.3 is 11.1 Å². The van der Waals surface area contributed by atoms with Gasteiger partial charge in [0.15, 0.2) is 0 Å². The summed E-state index contributed by atoms with van der Waals surface area (Å²) >= 11 is 0. The second kappa shape index (κ2) is 5.18. The van der Waals surface area contributed by atoms with E-state index in [0.717, 1.165) is 11.3 Å². The van der Waals surface area contributed by atoms with Crippen molar-refractivity contribution >= 4 is 21.4 Å². The zero-order chi connectivity index (χ0) is 12.2. The predicted molar refractivity (Wildman–Crippen MR) is 66.7 cm³/mol. The van der Waals surface area contributed by atoms with Crippen molar-refractivity contribution in [1.82, 2.24) is 0 Å². The van der Waals surface area contributed by atoms with E-state index >= 15 is 0 Å². The van der Waals surface area contributed by atoms with Crippen LogP contribution in [0, 0.1) is 6.92 Å². The largest absolute Gasteiger partial charge is 0.399 e. The van der Waals surface area contributed by atoms with Crippen molar-refractivity contribution < 1.29 is 8.42 Å². The van der Waals surface area contributed by atoms with E-state index in [9.17, 15) is 8.42 Å². The van der Waals surface area contributed by atoms with Gasteiger partial charge in [0.1, 0.15) is 0 Å². The van der Waals surface area contributed by atoms with E-state index in [1.807, 2.05) is 25.1 Å². The fourth-order valence-corrected chi connectivity index (χ4v) is 1.87. The van der Waals surface area contributed by atoms with Crippen LogP contribution >= 0.6 is 0 Å². The Kier molecular flexibility index (Phi) is 4.14. The van der Waals surface area contributed by atoms with Crippen LogP contribution in [0.5, 0.6) is 0 Å². The van der Waals surface area contributed by atoms with Crippen LogP contribution in [0.2, 0.25) is 0 Å². The molecule has 0 fully saturated rings. The molecule has 16 heavy (non-hydrogen) atoms. The topological polar surface area (TPSA) is 98.2 Å². The lowest BCUT2D eigenvalue weighted by molar-refractivity contribution is 0.596. The molecule has 1 rings (SSSR count). The van der Waals surface area contributed by atoms with Crippen molar-refractivity contribution in [1.29, 1.82) is 0 Å². The third kappa shape index (κ3) is 4.50. The summed E-state index contributed by atoms with van der Waals surface area (Å²) in [5.41, 5.74) is 8.32. The van der Waals surface area contributed by atoms with Gasteiger partial charge in [-0.1, -0.05) is 6.07 Å². The molecule has 0 saturated heterocycles. The highest BCUT2D eigenvalue weighted by Crippen LogP contribution is 2.17. The molecule has 1 aromatic rings. The highest BCUT2D eigenvalue weighted by Gasteiger charge is 2.02. The van der Waals surface area contributed by atoms with Gasteiger partial charge in [-0.15, -0.1) is 0 Å². The smallest absolute Gasteiger partial charge is 0.209 e. The number of primary sulfonamides is 1. The molecule has 0 aliphatic heterocycles. The summed E-state index contributed by atoms with van der Waals surface area (Å²) in [4.78, 5) is 0. The molecule has 0 heterocycles. The molecule has 0 radical (unpaired) electrons. The van der Waals surface area contributed by atoms with Crippen LogP contribution in [-0.4, -0.2) is 20.7 Å². The van der Waals surface area contributed by atoms with Gasteiger partial charge in [-0.3, -0.25) is 0 Å². The first-order valence-electron chi connectivity index (χ1n) is 4.99. The van der Waals surface area contributed by atoms with Crippen molar-refractivity contribution in [2.75, 3.05) is 23.3 Å². The third-order valence-electron chi connectivity index (χ3n) is 2.18. The van der Waals surface area contributed by atoms with Crippen LogP contribution in [0.15, 0.2) is 18.2 Å².